The van der Waals surface area contributed by atoms with Crippen LogP contribution < -0.4 is 5.32 Å². The van der Waals surface area contributed by atoms with Crippen molar-refractivity contribution in [3.8, 4) is 0 Å². The minimum absolute atomic E-state index is 0.336. The molecule has 1 saturated heterocycles. The van der Waals surface area contributed by atoms with Crippen molar-refractivity contribution < 1.29 is 4.74 Å². The van der Waals surface area contributed by atoms with Crippen LogP contribution in [-0.2, 0) is 11.8 Å². The van der Waals surface area contributed by atoms with Crippen LogP contribution in [0.3, 0.4) is 0 Å². The highest BCUT2D eigenvalue weighted by Crippen LogP contribution is 2.27. The van der Waals surface area contributed by atoms with Gasteiger partial charge in [-0.05, 0) is 19.4 Å². The Morgan fingerprint density at radius 3 is 3.12 bits per heavy atom. The Hall–Kier alpha value is -0.870. The van der Waals surface area contributed by atoms with E-state index in [1.807, 2.05) is 12.4 Å². The van der Waals surface area contributed by atoms with E-state index in [0.717, 1.165) is 38.4 Å². The van der Waals surface area contributed by atoms with Gasteiger partial charge in [-0.3, -0.25) is 0 Å². The quantitative estimate of drug-likeness (QED) is 0.822. The predicted molar refractivity (Wildman–Crippen MR) is 63.2 cm³/mol. The van der Waals surface area contributed by atoms with E-state index < -0.39 is 0 Å². The monoisotopic (exact) mass is 223 g/mol. The van der Waals surface area contributed by atoms with Gasteiger partial charge in [0.15, 0.2) is 0 Å². The Labute approximate surface area is 97.0 Å². The molecule has 1 N–H and O–H groups in total. The second kappa shape index (κ2) is 5.46. The van der Waals surface area contributed by atoms with Crippen molar-refractivity contribution in [1.82, 2.24) is 14.9 Å². The summed E-state index contributed by atoms with van der Waals surface area (Å²) in [6, 6.07) is 0.336. The van der Waals surface area contributed by atoms with E-state index in [9.17, 15) is 0 Å². The van der Waals surface area contributed by atoms with Crippen molar-refractivity contribution in [3.63, 3.8) is 0 Å². The van der Waals surface area contributed by atoms with Gasteiger partial charge in [0, 0.05) is 32.0 Å². The summed E-state index contributed by atoms with van der Waals surface area (Å²) in [6.45, 7) is 4.97. The van der Waals surface area contributed by atoms with Gasteiger partial charge in [-0.2, -0.15) is 0 Å². The molecule has 0 aliphatic carbocycles. The Morgan fingerprint density at radius 1 is 1.69 bits per heavy atom. The molecule has 16 heavy (non-hydrogen) atoms. The highest BCUT2D eigenvalue weighted by atomic mass is 16.5. The van der Waals surface area contributed by atoms with Crippen molar-refractivity contribution >= 4 is 0 Å². The van der Waals surface area contributed by atoms with Crippen LogP contribution in [0.2, 0.25) is 0 Å². The molecular formula is C12H21N3O. The molecule has 90 valence electrons. The number of hydrogen-bond donors (Lipinski definition) is 1. The van der Waals surface area contributed by atoms with Crippen LogP contribution in [0.25, 0.3) is 0 Å². The fourth-order valence-corrected chi connectivity index (χ4v) is 2.26. The molecule has 2 atom stereocenters. The zero-order valence-corrected chi connectivity index (χ0v) is 10.1. The molecule has 0 amide bonds. The molecule has 2 unspecified atom stereocenters. The summed E-state index contributed by atoms with van der Waals surface area (Å²) in [5.74, 6) is 1.69. The van der Waals surface area contributed by atoms with E-state index in [4.69, 9.17) is 4.74 Å². The lowest BCUT2D eigenvalue weighted by Gasteiger charge is -2.23. The van der Waals surface area contributed by atoms with Gasteiger partial charge in [-0.25, -0.2) is 4.98 Å². The number of nitrogens with one attached hydrogen (secondary N) is 1. The van der Waals surface area contributed by atoms with Crippen molar-refractivity contribution in [3.05, 3.63) is 18.2 Å². The third-order valence-electron chi connectivity index (χ3n) is 3.19. The summed E-state index contributed by atoms with van der Waals surface area (Å²) in [7, 11) is 2.05. The van der Waals surface area contributed by atoms with Gasteiger partial charge in [0.05, 0.1) is 12.6 Å². The maximum absolute atomic E-state index is 5.48. The van der Waals surface area contributed by atoms with Crippen LogP contribution in [0, 0.1) is 5.92 Å². The second-order valence-electron chi connectivity index (χ2n) is 4.45. The molecule has 4 nitrogen and oxygen atoms in total. The molecule has 0 saturated carbocycles. The summed E-state index contributed by atoms with van der Waals surface area (Å²) in [4.78, 5) is 4.46. The molecule has 0 bridgehead atoms. The van der Waals surface area contributed by atoms with E-state index in [2.05, 4.69) is 28.8 Å². The summed E-state index contributed by atoms with van der Waals surface area (Å²) in [5.41, 5.74) is 0. The first-order valence-electron chi connectivity index (χ1n) is 6.11. The molecule has 1 aromatic rings. The maximum Gasteiger partial charge on any atom is 0.125 e. The fraction of sp³-hybridized carbons (Fsp3) is 0.750. The van der Waals surface area contributed by atoms with Gasteiger partial charge in [0.1, 0.15) is 5.82 Å². The standard InChI is InChI=1S/C12H21N3O/c1-3-5-13-11(10-4-8-16-9-10)12-14-6-7-15(12)2/h6-7,10-11,13H,3-5,8-9H2,1-2H3. The minimum Gasteiger partial charge on any atom is -0.381 e. The zero-order valence-electron chi connectivity index (χ0n) is 10.1. The fourth-order valence-electron chi connectivity index (χ4n) is 2.26. The van der Waals surface area contributed by atoms with Crippen LogP contribution in [0.5, 0.6) is 0 Å². The first-order valence-corrected chi connectivity index (χ1v) is 6.11. The van der Waals surface area contributed by atoms with Crippen LogP contribution in [0.1, 0.15) is 31.6 Å². The topological polar surface area (TPSA) is 39.1 Å². The van der Waals surface area contributed by atoms with Gasteiger partial charge in [-0.1, -0.05) is 6.92 Å². The number of hydrogen-bond acceptors (Lipinski definition) is 3. The zero-order chi connectivity index (χ0) is 11.4. The molecule has 1 aliphatic heterocycles. The third kappa shape index (κ3) is 2.44. The van der Waals surface area contributed by atoms with Crippen LogP contribution in [0.15, 0.2) is 12.4 Å². The van der Waals surface area contributed by atoms with Gasteiger partial charge >= 0.3 is 0 Å². The number of imidazole rings is 1. The molecule has 1 fully saturated rings. The highest BCUT2D eigenvalue weighted by molar-refractivity contribution is 5.01. The van der Waals surface area contributed by atoms with E-state index in [-0.39, 0.29) is 0 Å². The third-order valence-corrected chi connectivity index (χ3v) is 3.19. The van der Waals surface area contributed by atoms with Crippen LogP contribution in [0.4, 0.5) is 0 Å². The summed E-state index contributed by atoms with van der Waals surface area (Å²) in [6.07, 6.45) is 6.15. The molecule has 1 aliphatic rings. The molecule has 2 rings (SSSR count). The van der Waals surface area contributed by atoms with E-state index in [0.29, 0.717) is 12.0 Å². The summed E-state index contributed by atoms with van der Waals surface area (Å²) < 4.78 is 7.58. The average molecular weight is 223 g/mol. The lowest BCUT2D eigenvalue weighted by atomic mass is 9.98. The Bertz CT molecular complexity index is 318. The van der Waals surface area contributed by atoms with Crippen molar-refractivity contribution in [2.24, 2.45) is 13.0 Å². The Kier molecular flexibility index (Phi) is 3.96. The van der Waals surface area contributed by atoms with E-state index in [1.165, 1.54) is 0 Å². The normalized spacial score (nSPS) is 22.5. The van der Waals surface area contributed by atoms with Gasteiger partial charge in [0.2, 0.25) is 0 Å². The SMILES string of the molecule is CCCNC(c1nccn1C)C1CCOC1. The molecule has 1 aromatic heterocycles. The number of aromatic nitrogens is 2. The van der Waals surface area contributed by atoms with Crippen LogP contribution >= 0.6 is 0 Å². The smallest absolute Gasteiger partial charge is 0.125 e. The van der Waals surface area contributed by atoms with Gasteiger partial charge in [-0.15, -0.1) is 0 Å². The summed E-state index contributed by atoms with van der Waals surface area (Å²) in [5, 5.41) is 3.59. The first-order chi connectivity index (χ1) is 7.83. The number of ether oxygens (including phenoxy) is 1. The van der Waals surface area contributed by atoms with E-state index >= 15 is 0 Å². The number of aryl methyl sites for hydroxylation is 1. The molecule has 0 spiro atoms. The summed E-state index contributed by atoms with van der Waals surface area (Å²) >= 11 is 0. The largest absolute Gasteiger partial charge is 0.381 e. The van der Waals surface area contributed by atoms with Gasteiger partial charge in [0.25, 0.3) is 0 Å². The lowest BCUT2D eigenvalue weighted by molar-refractivity contribution is 0.175. The minimum atomic E-state index is 0.336. The van der Waals surface area contributed by atoms with Crippen molar-refractivity contribution in [2.45, 2.75) is 25.8 Å². The molecular weight excluding hydrogens is 202 g/mol. The predicted octanol–water partition coefficient (Wildman–Crippen LogP) is 1.50. The van der Waals surface area contributed by atoms with Gasteiger partial charge < -0.3 is 14.6 Å². The Morgan fingerprint density at radius 2 is 2.56 bits per heavy atom. The molecule has 0 aromatic carbocycles. The van der Waals surface area contributed by atoms with Crippen molar-refractivity contribution in [1.29, 1.82) is 0 Å². The molecule has 4 heteroatoms. The lowest BCUT2D eigenvalue weighted by Crippen LogP contribution is -2.31. The molecule has 0 radical (unpaired) electrons. The van der Waals surface area contributed by atoms with Crippen molar-refractivity contribution in [2.75, 3.05) is 19.8 Å². The van der Waals surface area contributed by atoms with Crippen LogP contribution in [-0.4, -0.2) is 29.3 Å². The first kappa shape index (κ1) is 11.6. The molecule has 2 heterocycles. The number of rotatable bonds is 5. The van der Waals surface area contributed by atoms with E-state index in [1.54, 1.807) is 0 Å². The maximum atomic E-state index is 5.48. The Balaban J connectivity index is 2.10. The average Bonchev–Trinajstić information content (AvgIpc) is 2.91. The second-order valence-corrected chi connectivity index (χ2v) is 4.45. The highest BCUT2D eigenvalue weighted by Gasteiger charge is 2.28. The number of nitrogens with zero attached hydrogens (tertiary/aromatic N) is 2.